The van der Waals surface area contributed by atoms with Gasteiger partial charge in [0.15, 0.2) is 0 Å². The molecule has 0 bridgehead atoms. The van der Waals surface area contributed by atoms with Gasteiger partial charge in [-0.15, -0.1) is 16.4 Å². The van der Waals surface area contributed by atoms with Gasteiger partial charge < -0.3 is 5.32 Å². The number of amides is 1. The summed E-state index contributed by atoms with van der Waals surface area (Å²) in [6.45, 7) is 4.39. The molecule has 0 radical (unpaired) electrons. The molecule has 1 saturated heterocycles. The van der Waals surface area contributed by atoms with Gasteiger partial charge in [-0.1, -0.05) is 6.07 Å². The largest absolute Gasteiger partial charge is 0.347 e. The quantitative estimate of drug-likeness (QED) is 0.691. The van der Waals surface area contributed by atoms with Crippen molar-refractivity contribution >= 4 is 17.2 Å². The standard InChI is InChI=1S/C20H22FN5OS/c1-14-23-19(24-26(14)16-8-6-15(21)7-9-16)20(27)22-13-17(18-5-4-12-28-18)25-10-2-3-11-25/h4-9,12,17H,2-3,10-11,13H2,1H3,(H,22,27)/t17-/m1/s1. The molecule has 1 fully saturated rings. The summed E-state index contributed by atoms with van der Waals surface area (Å²) in [6.07, 6.45) is 2.39. The third kappa shape index (κ3) is 3.98. The van der Waals surface area contributed by atoms with Crippen LogP contribution in [0, 0.1) is 12.7 Å². The van der Waals surface area contributed by atoms with Gasteiger partial charge in [-0.2, -0.15) is 0 Å². The maximum atomic E-state index is 13.1. The third-order valence-electron chi connectivity index (χ3n) is 4.95. The molecular weight excluding hydrogens is 377 g/mol. The smallest absolute Gasteiger partial charge is 0.291 e. The lowest BCUT2D eigenvalue weighted by Crippen LogP contribution is -2.36. The van der Waals surface area contributed by atoms with Crippen LogP contribution >= 0.6 is 11.3 Å². The molecule has 0 spiro atoms. The van der Waals surface area contributed by atoms with Crippen molar-refractivity contribution < 1.29 is 9.18 Å². The van der Waals surface area contributed by atoms with E-state index in [4.69, 9.17) is 0 Å². The molecule has 0 saturated carbocycles. The highest BCUT2D eigenvalue weighted by molar-refractivity contribution is 7.10. The number of carbonyl (C=O) groups excluding carboxylic acids is 1. The molecule has 1 aromatic carbocycles. The van der Waals surface area contributed by atoms with Crippen LogP contribution in [0.1, 0.15) is 40.2 Å². The monoisotopic (exact) mass is 399 g/mol. The fourth-order valence-corrected chi connectivity index (χ4v) is 4.39. The number of hydrogen-bond acceptors (Lipinski definition) is 5. The molecule has 4 rings (SSSR count). The van der Waals surface area contributed by atoms with Crippen molar-refractivity contribution in [3.63, 3.8) is 0 Å². The first-order valence-electron chi connectivity index (χ1n) is 9.37. The Morgan fingerprint density at radius 2 is 2.00 bits per heavy atom. The molecule has 1 atom stereocenters. The van der Waals surface area contributed by atoms with Gasteiger partial charge in [0.1, 0.15) is 11.6 Å². The number of aromatic nitrogens is 3. The molecule has 0 aliphatic carbocycles. The topological polar surface area (TPSA) is 63.1 Å². The average molecular weight is 399 g/mol. The minimum atomic E-state index is -0.319. The molecule has 3 heterocycles. The Labute approximate surface area is 167 Å². The van der Waals surface area contributed by atoms with Crippen LogP contribution in [0.25, 0.3) is 5.69 Å². The van der Waals surface area contributed by atoms with Crippen molar-refractivity contribution in [3.8, 4) is 5.69 Å². The second kappa shape index (κ2) is 8.20. The second-order valence-electron chi connectivity index (χ2n) is 6.86. The first-order valence-corrected chi connectivity index (χ1v) is 10.2. The lowest BCUT2D eigenvalue weighted by Gasteiger charge is -2.26. The van der Waals surface area contributed by atoms with E-state index < -0.39 is 0 Å². The van der Waals surface area contributed by atoms with Gasteiger partial charge in [-0.05, 0) is 68.6 Å². The van der Waals surface area contributed by atoms with Crippen molar-refractivity contribution in [2.45, 2.75) is 25.8 Å². The predicted octanol–water partition coefficient (Wildman–Crippen LogP) is 3.34. The van der Waals surface area contributed by atoms with Gasteiger partial charge in [-0.25, -0.2) is 14.1 Å². The van der Waals surface area contributed by atoms with Crippen molar-refractivity contribution in [2.24, 2.45) is 0 Å². The van der Waals surface area contributed by atoms with E-state index in [2.05, 4.69) is 31.7 Å². The van der Waals surface area contributed by atoms with Crippen molar-refractivity contribution in [2.75, 3.05) is 19.6 Å². The van der Waals surface area contributed by atoms with Crippen LogP contribution in [-0.2, 0) is 0 Å². The van der Waals surface area contributed by atoms with Crippen LogP contribution in [0.15, 0.2) is 41.8 Å². The fourth-order valence-electron chi connectivity index (χ4n) is 3.53. The second-order valence-corrected chi connectivity index (χ2v) is 7.83. The zero-order valence-electron chi connectivity index (χ0n) is 15.6. The molecule has 1 N–H and O–H groups in total. The zero-order chi connectivity index (χ0) is 19.5. The Balaban J connectivity index is 1.47. The van der Waals surface area contributed by atoms with Gasteiger partial charge in [0, 0.05) is 11.4 Å². The summed E-state index contributed by atoms with van der Waals surface area (Å²) in [4.78, 5) is 20.6. The molecule has 3 aromatic rings. The summed E-state index contributed by atoms with van der Waals surface area (Å²) < 4.78 is 14.7. The molecule has 1 aliphatic heterocycles. The highest BCUT2D eigenvalue weighted by atomic mass is 32.1. The normalized spacial score (nSPS) is 15.6. The van der Waals surface area contributed by atoms with E-state index in [0.29, 0.717) is 18.1 Å². The number of benzene rings is 1. The van der Waals surface area contributed by atoms with E-state index >= 15 is 0 Å². The van der Waals surface area contributed by atoms with E-state index in [1.54, 1.807) is 35.1 Å². The minimum Gasteiger partial charge on any atom is -0.347 e. The number of hydrogen-bond donors (Lipinski definition) is 1. The zero-order valence-corrected chi connectivity index (χ0v) is 16.5. The summed E-state index contributed by atoms with van der Waals surface area (Å²) in [7, 11) is 0. The summed E-state index contributed by atoms with van der Waals surface area (Å²) in [5, 5.41) is 9.37. The number of rotatable bonds is 6. The maximum absolute atomic E-state index is 13.1. The number of nitrogens with one attached hydrogen (secondary N) is 1. The summed E-state index contributed by atoms with van der Waals surface area (Å²) >= 11 is 1.71. The molecular formula is C20H22FN5OS. The molecule has 2 aromatic heterocycles. The average Bonchev–Trinajstić information content (AvgIpc) is 3.45. The molecule has 28 heavy (non-hydrogen) atoms. The van der Waals surface area contributed by atoms with E-state index in [1.807, 2.05) is 6.07 Å². The number of carbonyl (C=O) groups is 1. The Morgan fingerprint density at radius 3 is 2.68 bits per heavy atom. The van der Waals surface area contributed by atoms with Crippen molar-refractivity contribution in [1.82, 2.24) is 25.0 Å². The van der Waals surface area contributed by atoms with Crippen LogP contribution in [-0.4, -0.2) is 45.2 Å². The van der Waals surface area contributed by atoms with Gasteiger partial charge in [-0.3, -0.25) is 9.69 Å². The van der Waals surface area contributed by atoms with Gasteiger partial charge in [0.25, 0.3) is 5.91 Å². The SMILES string of the molecule is Cc1nc(C(=O)NC[C@H](c2cccs2)N2CCCC2)nn1-c1ccc(F)cc1. The van der Waals surface area contributed by atoms with Gasteiger partial charge >= 0.3 is 0 Å². The van der Waals surface area contributed by atoms with Crippen molar-refractivity contribution in [1.29, 1.82) is 0 Å². The Kier molecular flexibility index (Phi) is 5.50. The van der Waals surface area contributed by atoms with Crippen LogP contribution in [0.4, 0.5) is 4.39 Å². The van der Waals surface area contributed by atoms with Crippen LogP contribution in [0.5, 0.6) is 0 Å². The van der Waals surface area contributed by atoms with Crippen LogP contribution in [0.2, 0.25) is 0 Å². The van der Waals surface area contributed by atoms with E-state index in [1.165, 1.54) is 29.9 Å². The number of nitrogens with zero attached hydrogens (tertiary/aromatic N) is 4. The lowest BCUT2D eigenvalue weighted by atomic mass is 10.2. The predicted molar refractivity (Wildman–Crippen MR) is 106 cm³/mol. The number of aryl methyl sites for hydroxylation is 1. The van der Waals surface area contributed by atoms with Crippen LogP contribution < -0.4 is 5.32 Å². The molecule has 6 nitrogen and oxygen atoms in total. The third-order valence-corrected chi connectivity index (χ3v) is 5.93. The van der Waals surface area contributed by atoms with Gasteiger partial charge in [0.2, 0.25) is 5.82 Å². The molecule has 1 amide bonds. The van der Waals surface area contributed by atoms with Crippen molar-refractivity contribution in [3.05, 3.63) is 64.1 Å². The summed E-state index contributed by atoms with van der Waals surface area (Å²) in [5.74, 6) is 0.0741. The van der Waals surface area contributed by atoms with E-state index in [9.17, 15) is 9.18 Å². The van der Waals surface area contributed by atoms with E-state index in [0.717, 1.165) is 13.1 Å². The summed E-state index contributed by atoms with van der Waals surface area (Å²) in [6, 6.07) is 10.3. The first kappa shape index (κ1) is 18.8. The first-order chi connectivity index (χ1) is 13.6. The van der Waals surface area contributed by atoms with Gasteiger partial charge in [0.05, 0.1) is 11.7 Å². The Morgan fingerprint density at radius 1 is 1.25 bits per heavy atom. The molecule has 8 heteroatoms. The number of thiophene rings is 1. The Bertz CT molecular complexity index is 932. The van der Waals surface area contributed by atoms with E-state index in [-0.39, 0.29) is 23.6 Å². The molecule has 146 valence electrons. The fraction of sp³-hybridized carbons (Fsp3) is 0.350. The summed E-state index contributed by atoms with van der Waals surface area (Å²) in [5.41, 5.74) is 0.666. The van der Waals surface area contributed by atoms with Crippen LogP contribution in [0.3, 0.4) is 0 Å². The Hall–Kier alpha value is -2.58. The highest BCUT2D eigenvalue weighted by Crippen LogP contribution is 2.27. The maximum Gasteiger partial charge on any atom is 0.291 e. The lowest BCUT2D eigenvalue weighted by molar-refractivity contribution is 0.0928. The molecule has 1 aliphatic rings. The highest BCUT2D eigenvalue weighted by Gasteiger charge is 2.25. The molecule has 0 unspecified atom stereocenters. The number of halogens is 1. The number of likely N-dealkylation sites (tertiary alicyclic amines) is 1. The minimum absolute atomic E-state index is 0.119.